The number of carbonyl (C=O) groups excluding carboxylic acids is 1. The molecular weight excluding hydrogens is 348 g/mol. The van der Waals surface area contributed by atoms with Gasteiger partial charge >= 0.3 is 0 Å². The van der Waals surface area contributed by atoms with Crippen LogP contribution in [0.2, 0.25) is 0 Å². The summed E-state index contributed by atoms with van der Waals surface area (Å²) >= 11 is 0. The molecule has 0 bridgehead atoms. The Morgan fingerprint density at radius 2 is 1.89 bits per heavy atom. The predicted molar refractivity (Wildman–Crippen MR) is 109 cm³/mol. The summed E-state index contributed by atoms with van der Waals surface area (Å²) in [6.45, 7) is 3.91. The molecule has 0 aliphatic heterocycles. The second-order valence-electron chi connectivity index (χ2n) is 6.49. The number of imidazole rings is 1. The number of nitrogens with one attached hydrogen (secondary N) is 1. The van der Waals surface area contributed by atoms with Crippen molar-refractivity contribution in [3.8, 4) is 11.8 Å². The quantitative estimate of drug-likeness (QED) is 0.546. The highest BCUT2D eigenvalue weighted by Crippen LogP contribution is 2.19. The summed E-state index contributed by atoms with van der Waals surface area (Å²) in [5, 5.41) is 7.25. The van der Waals surface area contributed by atoms with E-state index in [1.807, 2.05) is 62.4 Å². The van der Waals surface area contributed by atoms with Crippen LogP contribution in [0.25, 0.3) is 5.65 Å². The number of benzene rings is 2. The molecule has 2 heterocycles. The molecule has 4 aromatic rings. The normalized spacial score (nSPS) is 10.4. The van der Waals surface area contributed by atoms with Gasteiger partial charge in [0.25, 0.3) is 5.91 Å². The number of fused-ring (bicyclic) bond motifs is 1. The van der Waals surface area contributed by atoms with Gasteiger partial charge in [-0.25, -0.2) is 9.50 Å². The van der Waals surface area contributed by atoms with Crippen molar-refractivity contribution in [1.29, 1.82) is 0 Å². The predicted octanol–water partition coefficient (Wildman–Crippen LogP) is 4.00. The molecule has 2 aromatic heterocycles. The van der Waals surface area contributed by atoms with E-state index in [0.717, 1.165) is 28.0 Å². The van der Waals surface area contributed by atoms with Crippen molar-refractivity contribution in [1.82, 2.24) is 14.6 Å². The van der Waals surface area contributed by atoms with Crippen LogP contribution in [0.1, 0.15) is 32.7 Å². The van der Waals surface area contributed by atoms with E-state index >= 15 is 0 Å². The highest BCUT2D eigenvalue weighted by Gasteiger charge is 2.09. The molecule has 136 valence electrons. The third-order valence-corrected chi connectivity index (χ3v) is 4.47. The zero-order valence-electron chi connectivity index (χ0n) is 15.6. The minimum atomic E-state index is -0.136. The Kier molecular flexibility index (Phi) is 4.61. The second-order valence-corrected chi connectivity index (χ2v) is 6.49. The molecule has 5 heteroatoms. The smallest absolute Gasteiger partial charge is 0.255 e. The van der Waals surface area contributed by atoms with Crippen LogP contribution in [0.15, 0.2) is 67.0 Å². The molecule has 4 rings (SSSR count). The van der Waals surface area contributed by atoms with Crippen LogP contribution in [0.3, 0.4) is 0 Å². The summed E-state index contributed by atoms with van der Waals surface area (Å²) in [6, 6.07) is 16.9. The SMILES string of the molecule is Cc1cccc(C(=O)Nc2cccc(C#Cc3cnc4cccnn34)c2C)c1. The average molecular weight is 366 g/mol. The Bertz CT molecular complexity index is 1240. The van der Waals surface area contributed by atoms with E-state index in [1.54, 1.807) is 23.0 Å². The van der Waals surface area contributed by atoms with E-state index < -0.39 is 0 Å². The molecule has 2 aromatic carbocycles. The van der Waals surface area contributed by atoms with Crippen LogP contribution in [0.5, 0.6) is 0 Å². The topological polar surface area (TPSA) is 59.3 Å². The molecule has 0 radical (unpaired) electrons. The van der Waals surface area contributed by atoms with Crippen molar-refractivity contribution in [2.75, 3.05) is 5.32 Å². The van der Waals surface area contributed by atoms with Gasteiger partial charge in [-0.3, -0.25) is 4.79 Å². The highest BCUT2D eigenvalue weighted by molar-refractivity contribution is 6.04. The molecule has 0 spiro atoms. The minimum Gasteiger partial charge on any atom is -0.322 e. The standard InChI is InChI=1S/C23H18N4O/c1-16-6-3-8-19(14-16)23(28)26-21-9-4-7-18(17(21)2)11-12-20-15-24-22-10-5-13-25-27(20)22/h3-10,13-15H,1-2H3,(H,26,28). The van der Waals surface area contributed by atoms with Gasteiger partial charge in [-0.15, -0.1) is 0 Å². The zero-order valence-corrected chi connectivity index (χ0v) is 15.6. The molecule has 0 aliphatic carbocycles. The van der Waals surface area contributed by atoms with Crippen molar-refractivity contribution < 1.29 is 4.79 Å². The van der Waals surface area contributed by atoms with Crippen LogP contribution in [-0.2, 0) is 0 Å². The lowest BCUT2D eigenvalue weighted by Gasteiger charge is -2.10. The molecule has 0 saturated carbocycles. The fourth-order valence-corrected chi connectivity index (χ4v) is 2.93. The van der Waals surface area contributed by atoms with Gasteiger partial charge in [-0.2, -0.15) is 5.10 Å². The molecule has 1 amide bonds. The summed E-state index contributed by atoms with van der Waals surface area (Å²) in [6.07, 6.45) is 3.40. The number of carbonyl (C=O) groups is 1. The first-order valence-corrected chi connectivity index (χ1v) is 8.90. The van der Waals surface area contributed by atoms with Crippen LogP contribution in [0, 0.1) is 25.7 Å². The fourth-order valence-electron chi connectivity index (χ4n) is 2.93. The molecule has 1 N–H and O–H groups in total. The summed E-state index contributed by atoms with van der Waals surface area (Å²) in [5.74, 6) is 6.15. The Balaban J connectivity index is 1.62. The van der Waals surface area contributed by atoms with Crippen LogP contribution < -0.4 is 5.32 Å². The molecule has 0 fully saturated rings. The van der Waals surface area contributed by atoms with Gasteiger partial charge in [0.15, 0.2) is 5.65 Å². The van der Waals surface area contributed by atoms with Gasteiger partial charge in [0.1, 0.15) is 5.69 Å². The summed E-state index contributed by atoms with van der Waals surface area (Å²) in [5.41, 5.74) is 5.64. The van der Waals surface area contributed by atoms with Gasteiger partial charge in [0.05, 0.1) is 6.20 Å². The van der Waals surface area contributed by atoms with Crippen LogP contribution in [-0.4, -0.2) is 20.5 Å². The largest absolute Gasteiger partial charge is 0.322 e. The van der Waals surface area contributed by atoms with Crippen molar-refractivity contribution in [3.05, 3.63) is 94.9 Å². The van der Waals surface area contributed by atoms with Crippen LogP contribution >= 0.6 is 0 Å². The second kappa shape index (κ2) is 7.37. The van der Waals surface area contributed by atoms with Crippen molar-refractivity contribution >= 4 is 17.2 Å². The maximum atomic E-state index is 12.6. The summed E-state index contributed by atoms with van der Waals surface area (Å²) in [4.78, 5) is 16.8. The Morgan fingerprint density at radius 1 is 1.04 bits per heavy atom. The van der Waals surface area contributed by atoms with E-state index in [-0.39, 0.29) is 5.91 Å². The minimum absolute atomic E-state index is 0.136. The maximum absolute atomic E-state index is 12.6. The fraction of sp³-hybridized carbons (Fsp3) is 0.0870. The monoisotopic (exact) mass is 366 g/mol. The first-order chi connectivity index (χ1) is 13.6. The molecule has 0 unspecified atom stereocenters. The van der Waals surface area contributed by atoms with Gasteiger partial charge in [0, 0.05) is 23.0 Å². The number of rotatable bonds is 2. The Hall–Kier alpha value is -3.91. The summed E-state index contributed by atoms with van der Waals surface area (Å²) < 4.78 is 1.70. The number of aryl methyl sites for hydroxylation is 1. The number of nitrogens with zero attached hydrogens (tertiary/aromatic N) is 3. The van der Waals surface area contributed by atoms with E-state index in [9.17, 15) is 4.79 Å². The van der Waals surface area contributed by atoms with E-state index in [4.69, 9.17) is 0 Å². The third kappa shape index (κ3) is 3.49. The van der Waals surface area contributed by atoms with Gasteiger partial charge in [-0.05, 0) is 61.7 Å². The number of amides is 1. The highest BCUT2D eigenvalue weighted by atomic mass is 16.1. The molecular formula is C23H18N4O. The number of anilines is 1. The van der Waals surface area contributed by atoms with Gasteiger partial charge < -0.3 is 5.32 Å². The lowest BCUT2D eigenvalue weighted by molar-refractivity contribution is 0.102. The van der Waals surface area contributed by atoms with Crippen molar-refractivity contribution in [2.45, 2.75) is 13.8 Å². The van der Waals surface area contributed by atoms with Crippen molar-refractivity contribution in [3.63, 3.8) is 0 Å². The first-order valence-electron chi connectivity index (χ1n) is 8.90. The first kappa shape index (κ1) is 17.5. The molecule has 0 saturated heterocycles. The summed E-state index contributed by atoms with van der Waals surface area (Å²) in [7, 11) is 0. The Morgan fingerprint density at radius 3 is 2.75 bits per heavy atom. The number of aromatic nitrogens is 3. The Labute approximate surface area is 163 Å². The van der Waals surface area contributed by atoms with Crippen molar-refractivity contribution in [2.24, 2.45) is 0 Å². The van der Waals surface area contributed by atoms with E-state index in [0.29, 0.717) is 11.3 Å². The van der Waals surface area contributed by atoms with Crippen LogP contribution in [0.4, 0.5) is 5.69 Å². The average Bonchev–Trinajstić information content (AvgIpc) is 3.12. The van der Waals surface area contributed by atoms with E-state index in [1.165, 1.54) is 0 Å². The maximum Gasteiger partial charge on any atom is 0.255 e. The molecule has 5 nitrogen and oxygen atoms in total. The molecule has 0 aliphatic rings. The van der Waals surface area contributed by atoms with E-state index in [2.05, 4.69) is 27.2 Å². The third-order valence-electron chi connectivity index (χ3n) is 4.47. The van der Waals surface area contributed by atoms with Gasteiger partial charge in [0.2, 0.25) is 0 Å². The molecule has 0 atom stereocenters. The zero-order chi connectivity index (χ0) is 19.5. The number of hydrogen-bond donors (Lipinski definition) is 1. The number of hydrogen-bond acceptors (Lipinski definition) is 3. The lowest BCUT2D eigenvalue weighted by atomic mass is 10.1. The van der Waals surface area contributed by atoms with Gasteiger partial charge in [-0.1, -0.05) is 29.7 Å². The molecule has 28 heavy (non-hydrogen) atoms. The lowest BCUT2D eigenvalue weighted by Crippen LogP contribution is -2.13.